The minimum absolute atomic E-state index is 0.381. The Morgan fingerprint density at radius 3 is 2.50 bits per heavy atom. The Balaban J connectivity index is 1.97. The highest BCUT2D eigenvalue weighted by atomic mass is 15.2. The minimum atomic E-state index is 0.381. The fourth-order valence-electron chi connectivity index (χ4n) is 2.89. The lowest BCUT2D eigenvalue weighted by Gasteiger charge is -2.39. The average Bonchev–Trinajstić information content (AvgIpc) is 2.48. The van der Waals surface area contributed by atoms with Crippen LogP contribution in [0.3, 0.4) is 0 Å². The molecule has 1 aromatic heterocycles. The molecule has 1 aliphatic rings. The van der Waals surface area contributed by atoms with Crippen LogP contribution in [0.1, 0.15) is 58.6 Å². The zero-order valence-corrected chi connectivity index (χ0v) is 13.4. The largest absolute Gasteiger partial charge is 0.357 e. The molecule has 3 nitrogen and oxygen atoms in total. The molecule has 0 aromatic carbocycles. The summed E-state index contributed by atoms with van der Waals surface area (Å²) in [5.41, 5.74) is 1.81. The molecular weight excluding hydrogens is 246 g/mol. The van der Waals surface area contributed by atoms with Gasteiger partial charge in [0.05, 0.1) is 0 Å². The molecule has 0 bridgehead atoms. The number of hydrogen-bond donors (Lipinski definition) is 1. The van der Waals surface area contributed by atoms with Crippen molar-refractivity contribution in [1.29, 1.82) is 0 Å². The summed E-state index contributed by atoms with van der Waals surface area (Å²) in [5, 5.41) is 3.43. The van der Waals surface area contributed by atoms with E-state index in [0.29, 0.717) is 11.5 Å². The molecule has 1 aromatic rings. The molecule has 3 heteroatoms. The van der Waals surface area contributed by atoms with Crippen molar-refractivity contribution in [1.82, 2.24) is 10.3 Å². The predicted molar refractivity (Wildman–Crippen MR) is 86.2 cm³/mol. The first-order chi connectivity index (χ1) is 9.58. The van der Waals surface area contributed by atoms with Gasteiger partial charge in [-0.1, -0.05) is 33.3 Å². The first kappa shape index (κ1) is 15.3. The van der Waals surface area contributed by atoms with Crippen LogP contribution in [0, 0.1) is 5.41 Å². The summed E-state index contributed by atoms with van der Waals surface area (Å²) in [5.74, 6) is 1.13. The van der Waals surface area contributed by atoms with Crippen molar-refractivity contribution in [2.75, 3.05) is 24.5 Å². The normalized spacial score (nSPS) is 19.9. The number of nitrogens with zero attached hydrogens (tertiary/aromatic N) is 2. The monoisotopic (exact) mass is 275 g/mol. The van der Waals surface area contributed by atoms with Crippen LogP contribution >= 0.6 is 0 Å². The van der Waals surface area contributed by atoms with Gasteiger partial charge in [-0.25, -0.2) is 4.98 Å². The molecule has 2 rings (SSSR count). The third kappa shape index (κ3) is 3.51. The highest BCUT2D eigenvalue weighted by molar-refractivity contribution is 5.40. The van der Waals surface area contributed by atoms with E-state index in [-0.39, 0.29) is 0 Å². The summed E-state index contributed by atoms with van der Waals surface area (Å²) in [6, 6.07) is 4.77. The van der Waals surface area contributed by atoms with Gasteiger partial charge in [0.15, 0.2) is 0 Å². The van der Waals surface area contributed by atoms with Crippen LogP contribution in [-0.4, -0.2) is 24.6 Å². The maximum absolute atomic E-state index is 4.67. The Hall–Kier alpha value is -1.09. The van der Waals surface area contributed by atoms with Crippen molar-refractivity contribution < 1.29 is 0 Å². The second-order valence-electron chi connectivity index (χ2n) is 6.38. The molecule has 0 amide bonds. The smallest absolute Gasteiger partial charge is 0.128 e. The third-order valence-corrected chi connectivity index (χ3v) is 4.93. The predicted octanol–water partition coefficient (Wildman–Crippen LogP) is 3.77. The lowest BCUT2D eigenvalue weighted by molar-refractivity contribution is 0.238. The van der Waals surface area contributed by atoms with Gasteiger partial charge < -0.3 is 10.2 Å². The zero-order valence-electron chi connectivity index (χ0n) is 13.4. The molecule has 1 saturated heterocycles. The van der Waals surface area contributed by atoms with Crippen LogP contribution < -0.4 is 10.2 Å². The Labute approximate surface area is 123 Å². The first-order valence-electron chi connectivity index (χ1n) is 8.02. The van der Waals surface area contributed by atoms with Gasteiger partial charge in [0.2, 0.25) is 0 Å². The second kappa shape index (κ2) is 6.57. The quantitative estimate of drug-likeness (QED) is 0.886. The molecular formula is C17H29N3. The standard InChI is InChI=1S/C17H29N3/c1-5-17(4)9-11-20(12-10-17)16-8-7-15(13-19-16)14(3)18-6-2/h7-8,13-14,18H,5-6,9-12H2,1-4H3. The van der Waals surface area contributed by atoms with E-state index < -0.39 is 0 Å². The third-order valence-electron chi connectivity index (χ3n) is 4.93. The van der Waals surface area contributed by atoms with Crippen LogP contribution in [-0.2, 0) is 0 Å². The van der Waals surface area contributed by atoms with E-state index in [1.165, 1.54) is 24.8 Å². The molecule has 0 spiro atoms. The first-order valence-corrected chi connectivity index (χ1v) is 8.02. The van der Waals surface area contributed by atoms with Crippen molar-refractivity contribution in [3.05, 3.63) is 23.9 Å². The van der Waals surface area contributed by atoms with E-state index in [1.54, 1.807) is 0 Å². The summed E-state index contributed by atoms with van der Waals surface area (Å²) in [4.78, 5) is 7.09. The van der Waals surface area contributed by atoms with Gasteiger partial charge in [0.25, 0.3) is 0 Å². The number of nitrogens with one attached hydrogen (secondary N) is 1. The molecule has 1 unspecified atom stereocenters. The van der Waals surface area contributed by atoms with Crippen LogP contribution in [0.4, 0.5) is 5.82 Å². The second-order valence-corrected chi connectivity index (χ2v) is 6.38. The molecule has 1 aliphatic heterocycles. The lowest BCUT2D eigenvalue weighted by Crippen LogP contribution is -2.38. The summed E-state index contributed by atoms with van der Waals surface area (Å²) in [7, 11) is 0. The van der Waals surface area contributed by atoms with Gasteiger partial charge in [-0.15, -0.1) is 0 Å². The highest BCUT2D eigenvalue weighted by Crippen LogP contribution is 2.35. The van der Waals surface area contributed by atoms with E-state index >= 15 is 0 Å². The minimum Gasteiger partial charge on any atom is -0.357 e. The number of pyridine rings is 1. The van der Waals surface area contributed by atoms with Crippen molar-refractivity contribution in [2.24, 2.45) is 5.41 Å². The number of aromatic nitrogens is 1. The van der Waals surface area contributed by atoms with E-state index in [9.17, 15) is 0 Å². The number of piperidine rings is 1. The van der Waals surface area contributed by atoms with Gasteiger partial charge >= 0.3 is 0 Å². The lowest BCUT2D eigenvalue weighted by atomic mass is 9.78. The Kier molecular flexibility index (Phi) is 5.03. The van der Waals surface area contributed by atoms with E-state index in [2.05, 4.69) is 55.0 Å². The van der Waals surface area contributed by atoms with Gasteiger partial charge in [0, 0.05) is 25.3 Å². The molecule has 20 heavy (non-hydrogen) atoms. The van der Waals surface area contributed by atoms with Crippen LogP contribution in [0.15, 0.2) is 18.3 Å². The van der Waals surface area contributed by atoms with E-state index in [1.807, 2.05) is 6.20 Å². The zero-order chi connectivity index (χ0) is 14.6. The van der Waals surface area contributed by atoms with Crippen molar-refractivity contribution in [2.45, 2.75) is 53.0 Å². The summed E-state index contributed by atoms with van der Waals surface area (Å²) in [6.07, 6.45) is 5.87. The molecule has 1 atom stereocenters. The highest BCUT2D eigenvalue weighted by Gasteiger charge is 2.28. The number of rotatable bonds is 5. The van der Waals surface area contributed by atoms with Gasteiger partial charge in [-0.3, -0.25) is 0 Å². The van der Waals surface area contributed by atoms with Crippen LogP contribution in [0.5, 0.6) is 0 Å². The topological polar surface area (TPSA) is 28.2 Å². The summed E-state index contributed by atoms with van der Waals surface area (Å²) in [6.45, 7) is 12.3. The summed E-state index contributed by atoms with van der Waals surface area (Å²) < 4.78 is 0. The molecule has 0 aliphatic carbocycles. The molecule has 1 N–H and O–H groups in total. The van der Waals surface area contributed by atoms with Gasteiger partial charge in [-0.05, 0) is 43.4 Å². The maximum Gasteiger partial charge on any atom is 0.128 e. The number of hydrogen-bond acceptors (Lipinski definition) is 3. The molecule has 2 heterocycles. The summed E-state index contributed by atoms with van der Waals surface area (Å²) >= 11 is 0. The van der Waals surface area contributed by atoms with Gasteiger partial charge in [-0.2, -0.15) is 0 Å². The molecule has 1 fully saturated rings. The van der Waals surface area contributed by atoms with E-state index in [0.717, 1.165) is 25.5 Å². The van der Waals surface area contributed by atoms with Crippen LogP contribution in [0.25, 0.3) is 0 Å². The van der Waals surface area contributed by atoms with Crippen molar-refractivity contribution >= 4 is 5.82 Å². The molecule has 0 radical (unpaired) electrons. The fourth-order valence-corrected chi connectivity index (χ4v) is 2.89. The molecule has 112 valence electrons. The Morgan fingerprint density at radius 1 is 1.30 bits per heavy atom. The van der Waals surface area contributed by atoms with Crippen molar-refractivity contribution in [3.63, 3.8) is 0 Å². The molecule has 0 saturated carbocycles. The number of anilines is 1. The van der Waals surface area contributed by atoms with E-state index in [4.69, 9.17) is 0 Å². The van der Waals surface area contributed by atoms with Crippen molar-refractivity contribution in [3.8, 4) is 0 Å². The van der Waals surface area contributed by atoms with Gasteiger partial charge in [0.1, 0.15) is 5.82 Å². The average molecular weight is 275 g/mol. The maximum atomic E-state index is 4.67. The SMILES string of the molecule is CCNC(C)c1ccc(N2CCC(C)(CC)CC2)nc1. The fraction of sp³-hybridized carbons (Fsp3) is 0.706. The Bertz CT molecular complexity index is 405. The Morgan fingerprint density at radius 2 is 2.00 bits per heavy atom. The van der Waals surface area contributed by atoms with Crippen LogP contribution in [0.2, 0.25) is 0 Å².